The normalized spacial score (nSPS) is 9.93. The number of methoxy groups -OCH3 is 1. The van der Waals surface area contributed by atoms with Crippen LogP contribution in [-0.2, 0) is 0 Å². The zero-order valence-corrected chi connectivity index (χ0v) is 7.99. The molecule has 0 unspecified atom stereocenters. The summed E-state index contributed by atoms with van der Waals surface area (Å²) in [5, 5.41) is 9.66. The van der Waals surface area contributed by atoms with Crippen LogP contribution < -0.4 is 4.74 Å². The average Bonchev–Trinajstić information content (AvgIpc) is 2.29. The molecule has 0 aliphatic heterocycles. The van der Waals surface area contributed by atoms with E-state index < -0.39 is 5.82 Å². The molecule has 1 aromatic heterocycles. The van der Waals surface area contributed by atoms with E-state index in [-0.39, 0.29) is 5.75 Å². The second-order valence-electron chi connectivity index (χ2n) is 2.98. The van der Waals surface area contributed by atoms with Gasteiger partial charge in [0.1, 0.15) is 6.07 Å². The van der Waals surface area contributed by atoms with Crippen LogP contribution >= 0.6 is 0 Å². The number of nitrogens with zero attached hydrogens (tertiary/aromatic N) is 2. The highest BCUT2D eigenvalue weighted by atomic mass is 19.1. The standard InChI is InChI=1S/C11H7FN2O/c1-15-10-3-2-8-7(4-13)5-14-6-9(8)11(10)12/h2-3,5-6H,1H3. The first-order valence-corrected chi connectivity index (χ1v) is 4.28. The predicted octanol–water partition coefficient (Wildman–Crippen LogP) is 2.25. The van der Waals surface area contributed by atoms with E-state index in [1.807, 2.05) is 6.07 Å². The molecule has 0 saturated heterocycles. The van der Waals surface area contributed by atoms with Crippen LogP contribution in [0.15, 0.2) is 24.5 Å². The maximum Gasteiger partial charge on any atom is 0.174 e. The largest absolute Gasteiger partial charge is 0.494 e. The smallest absolute Gasteiger partial charge is 0.174 e. The molecule has 0 bridgehead atoms. The molecule has 4 heteroatoms. The average molecular weight is 202 g/mol. The second-order valence-corrected chi connectivity index (χ2v) is 2.98. The highest BCUT2D eigenvalue weighted by Crippen LogP contribution is 2.27. The number of pyridine rings is 1. The van der Waals surface area contributed by atoms with Crippen molar-refractivity contribution in [3.05, 3.63) is 35.9 Å². The van der Waals surface area contributed by atoms with E-state index >= 15 is 0 Å². The Morgan fingerprint density at radius 2 is 2.13 bits per heavy atom. The molecule has 1 heterocycles. The van der Waals surface area contributed by atoms with Crippen molar-refractivity contribution in [2.45, 2.75) is 0 Å². The maximum absolute atomic E-state index is 13.7. The summed E-state index contributed by atoms with van der Waals surface area (Å²) < 4.78 is 18.6. The summed E-state index contributed by atoms with van der Waals surface area (Å²) in [4.78, 5) is 3.80. The van der Waals surface area contributed by atoms with Gasteiger partial charge in [0.25, 0.3) is 0 Å². The zero-order valence-electron chi connectivity index (χ0n) is 7.99. The molecule has 0 fully saturated rings. The molecular weight excluding hydrogens is 195 g/mol. The van der Waals surface area contributed by atoms with E-state index in [2.05, 4.69) is 4.98 Å². The van der Waals surface area contributed by atoms with Gasteiger partial charge < -0.3 is 4.74 Å². The first kappa shape index (κ1) is 9.41. The topological polar surface area (TPSA) is 45.9 Å². The van der Waals surface area contributed by atoms with Gasteiger partial charge in [-0.05, 0) is 12.1 Å². The van der Waals surface area contributed by atoms with Crippen LogP contribution in [0.5, 0.6) is 5.75 Å². The van der Waals surface area contributed by atoms with Gasteiger partial charge in [-0.1, -0.05) is 0 Å². The number of ether oxygens (including phenoxy) is 1. The molecular formula is C11H7FN2O. The van der Waals surface area contributed by atoms with Gasteiger partial charge in [0.2, 0.25) is 0 Å². The predicted molar refractivity (Wildman–Crippen MR) is 53.0 cm³/mol. The van der Waals surface area contributed by atoms with Crippen molar-refractivity contribution in [2.75, 3.05) is 7.11 Å². The number of hydrogen-bond acceptors (Lipinski definition) is 3. The van der Waals surface area contributed by atoms with Gasteiger partial charge in [-0.15, -0.1) is 0 Å². The van der Waals surface area contributed by atoms with Gasteiger partial charge in [0, 0.05) is 23.2 Å². The molecule has 0 N–H and O–H groups in total. The molecule has 0 aliphatic carbocycles. The number of aromatic nitrogens is 1. The molecule has 0 amide bonds. The zero-order chi connectivity index (χ0) is 10.8. The lowest BCUT2D eigenvalue weighted by molar-refractivity contribution is 0.389. The van der Waals surface area contributed by atoms with Gasteiger partial charge in [-0.3, -0.25) is 4.98 Å². The summed E-state index contributed by atoms with van der Waals surface area (Å²) in [5.74, 6) is -0.334. The van der Waals surface area contributed by atoms with Crippen LogP contribution in [0.4, 0.5) is 4.39 Å². The lowest BCUT2D eigenvalue weighted by Crippen LogP contribution is -1.91. The van der Waals surface area contributed by atoms with Crippen molar-refractivity contribution >= 4 is 10.8 Å². The molecule has 74 valence electrons. The van der Waals surface area contributed by atoms with Gasteiger partial charge in [-0.25, -0.2) is 4.39 Å². The Labute approximate surface area is 85.7 Å². The quantitative estimate of drug-likeness (QED) is 0.712. The molecule has 1 aromatic carbocycles. The Bertz CT molecular complexity index is 560. The number of nitriles is 1. The number of halogens is 1. The molecule has 15 heavy (non-hydrogen) atoms. The molecule has 0 saturated carbocycles. The van der Waals surface area contributed by atoms with Crippen LogP contribution in [0.25, 0.3) is 10.8 Å². The Morgan fingerprint density at radius 3 is 2.80 bits per heavy atom. The monoisotopic (exact) mass is 202 g/mol. The van der Waals surface area contributed by atoms with E-state index in [9.17, 15) is 4.39 Å². The Balaban J connectivity index is 2.86. The highest BCUT2D eigenvalue weighted by Gasteiger charge is 2.10. The minimum absolute atomic E-state index is 0.152. The van der Waals surface area contributed by atoms with Crippen LogP contribution in [-0.4, -0.2) is 12.1 Å². The van der Waals surface area contributed by atoms with E-state index in [0.717, 1.165) is 0 Å². The third kappa shape index (κ3) is 1.38. The van der Waals surface area contributed by atoms with Crippen molar-refractivity contribution in [1.29, 1.82) is 5.26 Å². The van der Waals surface area contributed by atoms with Crippen LogP contribution in [0.3, 0.4) is 0 Å². The first-order chi connectivity index (χ1) is 7.27. The molecule has 2 aromatic rings. The first-order valence-electron chi connectivity index (χ1n) is 4.28. The third-order valence-electron chi connectivity index (χ3n) is 2.18. The van der Waals surface area contributed by atoms with E-state index in [0.29, 0.717) is 16.3 Å². The third-order valence-corrected chi connectivity index (χ3v) is 2.18. The Hall–Kier alpha value is -2.15. The fraction of sp³-hybridized carbons (Fsp3) is 0.0909. The minimum Gasteiger partial charge on any atom is -0.494 e. The fourth-order valence-corrected chi connectivity index (χ4v) is 1.44. The summed E-state index contributed by atoms with van der Waals surface area (Å²) in [6.45, 7) is 0. The number of hydrogen-bond donors (Lipinski definition) is 0. The van der Waals surface area contributed by atoms with E-state index in [1.165, 1.54) is 25.6 Å². The summed E-state index contributed by atoms with van der Waals surface area (Å²) in [6, 6.07) is 5.11. The van der Waals surface area contributed by atoms with Crippen molar-refractivity contribution < 1.29 is 9.13 Å². The molecule has 0 radical (unpaired) electrons. The van der Waals surface area contributed by atoms with E-state index in [1.54, 1.807) is 6.07 Å². The van der Waals surface area contributed by atoms with Crippen molar-refractivity contribution in [3.8, 4) is 11.8 Å². The van der Waals surface area contributed by atoms with Crippen LogP contribution in [0, 0.1) is 17.1 Å². The maximum atomic E-state index is 13.7. The lowest BCUT2D eigenvalue weighted by Gasteiger charge is -2.05. The minimum atomic E-state index is -0.486. The van der Waals surface area contributed by atoms with Crippen molar-refractivity contribution in [3.63, 3.8) is 0 Å². The summed E-state index contributed by atoms with van der Waals surface area (Å²) in [7, 11) is 1.39. The summed E-state index contributed by atoms with van der Waals surface area (Å²) in [5.41, 5.74) is 0.356. The summed E-state index contributed by atoms with van der Waals surface area (Å²) in [6.07, 6.45) is 2.79. The molecule has 0 aliphatic rings. The van der Waals surface area contributed by atoms with Crippen molar-refractivity contribution in [2.24, 2.45) is 0 Å². The molecule has 2 rings (SSSR count). The van der Waals surface area contributed by atoms with Crippen LogP contribution in [0.2, 0.25) is 0 Å². The number of benzene rings is 1. The van der Waals surface area contributed by atoms with Gasteiger partial charge >= 0.3 is 0 Å². The second kappa shape index (κ2) is 3.54. The Kier molecular flexibility index (Phi) is 2.22. The lowest BCUT2D eigenvalue weighted by atomic mass is 10.1. The number of rotatable bonds is 1. The van der Waals surface area contributed by atoms with Gasteiger partial charge in [0.05, 0.1) is 12.7 Å². The number of fused-ring (bicyclic) bond motifs is 1. The Morgan fingerprint density at radius 1 is 1.33 bits per heavy atom. The molecule has 0 spiro atoms. The van der Waals surface area contributed by atoms with Gasteiger partial charge in [-0.2, -0.15) is 5.26 Å². The fourth-order valence-electron chi connectivity index (χ4n) is 1.44. The highest BCUT2D eigenvalue weighted by molar-refractivity contribution is 5.88. The van der Waals surface area contributed by atoms with Crippen LogP contribution in [0.1, 0.15) is 5.56 Å². The van der Waals surface area contributed by atoms with E-state index in [4.69, 9.17) is 10.00 Å². The summed E-state index contributed by atoms with van der Waals surface area (Å²) >= 11 is 0. The molecule has 0 atom stereocenters. The van der Waals surface area contributed by atoms with Crippen molar-refractivity contribution in [1.82, 2.24) is 4.98 Å². The SMILES string of the molecule is COc1ccc2c(C#N)cncc2c1F. The molecule has 3 nitrogen and oxygen atoms in total. The van der Waals surface area contributed by atoms with Gasteiger partial charge in [0.15, 0.2) is 11.6 Å².